The number of amidine groups is 1. The van der Waals surface area contributed by atoms with E-state index in [2.05, 4.69) is 23.1 Å². The number of hydrogen-bond donors (Lipinski definition) is 0. The second-order valence-electron chi connectivity index (χ2n) is 5.46. The Morgan fingerprint density at radius 2 is 2.10 bits per heavy atom. The van der Waals surface area contributed by atoms with Gasteiger partial charge < -0.3 is 0 Å². The van der Waals surface area contributed by atoms with Gasteiger partial charge in [-0.1, -0.05) is 42.8 Å². The third-order valence-corrected chi connectivity index (χ3v) is 4.15. The molecule has 0 amide bonds. The molecule has 1 fully saturated rings. The molecule has 1 aliphatic heterocycles. The molecule has 1 aliphatic carbocycles. The predicted octanol–water partition coefficient (Wildman–Crippen LogP) is 3.73. The van der Waals surface area contributed by atoms with Crippen LogP contribution in [-0.2, 0) is 0 Å². The van der Waals surface area contributed by atoms with E-state index in [0.717, 1.165) is 11.3 Å². The normalized spacial score (nSPS) is 19.4. The summed E-state index contributed by atoms with van der Waals surface area (Å²) in [5.41, 5.74) is 3.44. The van der Waals surface area contributed by atoms with Gasteiger partial charge in [0, 0.05) is 5.56 Å². The molecule has 2 aliphatic rings. The quantitative estimate of drug-likeness (QED) is 0.461. The molecule has 3 rings (SSSR count). The van der Waals surface area contributed by atoms with Crippen LogP contribution in [0.1, 0.15) is 31.7 Å². The van der Waals surface area contributed by atoms with E-state index >= 15 is 0 Å². The number of rotatable bonds is 2. The van der Waals surface area contributed by atoms with Crippen LogP contribution in [0.3, 0.4) is 0 Å². The summed E-state index contributed by atoms with van der Waals surface area (Å²) in [5.74, 6) is 1.38. The average Bonchev–Trinajstić information content (AvgIpc) is 2.46. The summed E-state index contributed by atoms with van der Waals surface area (Å²) in [4.78, 5) is 3.45. The van der Waals surface area contributed by atoms with Gasteiger partial charge >= 0.3 is 6.57 Å². The van der Waals surface area contributed by atoms with E-state index in [1.165, 1.54) is 24.8 Å². The van der Waals surface area contributed by atoms with Crippen LogP contribution in [-0.4, -0.2) is 23.1 Å². The molecule has 0 radical (unpaired) electrons. The van der Waals surface area contributed by atoms with E-state index < -0.39 is 0 Å². The zero-order chi connectivity index (χ0) is 14.7. The lowest BCUT2D eigenvalue weighted by Gasteiger charge is -2.32. The van der Waals surface area contributed by atoms with Gasteiger partial charge in [0.15, 0.2) is 5.10 Å². The summed E-state index contributed by atoms with van der Waals surface area (Å²) < 4.78 is 0. The summed E-state index contributed by atoms with van der Waals surface area (Å²) >= 11 is 0. The van der Waals surface area contributed by atoms with Crippen LogP contribution in [0.5, 0.6) is 0 Å². The van der Waals surface area contributed by atoms with Crippen molar-refractivity contribution in [2.75, 3.05) is 6.54 Å². The van der Waals surface area contributed by atoms with Gasteiger partial charge in [0.2, 0.25) is 5.84 Å². The van der Waals surface area contributed by atoms with Crippen LogP contribution in [0, 0.1) is 12.5 Å². The van der Waals surface area contributed by atoms with Crippen molar-refractivity contribution >= 4 is 11.5 Å². The van der Waals surface area contributed by atoms with Crippen LogP contribution in [0.2, 0.25) is 0 Å². The minimum absolute atomic E-state index is 0.682. The molecule has 4 heteroatoms. The van der Waals surface area contributed by atoms with Crippen LogP contribution in [0.4, 0.5) is 0 Å². The largest absolute Gasteiger partial charge is 0.307 e. The van der Waals surface area contributed by atoms with Gasteiger partial charge in [-0.2, -0.15) is 5.10 Å². The summed E-state index contributed by atoms with van der Waals surface area (Å²) in [5, 5.41) is 10.6. The first-order valence-corrected chi connectivity index (χ1v) is 7.36. The number of hydrazone groups is 1. The van der Waals surface area contributed by atoms with Gasteiger partial charge in [0.1, 0.15) is 4.95 Å². The number of benzene rings is 1. The molecule has 1 heterocycles. The third-order valence-electron chi connectivity index (χ3n) is 4.15. The Morgan fingerprint density at radius 1 is 1.33 bits per heavy atom. The standard InChI is InChI=1S/C17H19N4/c1-13-16(14-9-6-10-14)11-12-21(20-13)17(19-18-2)15-7-4-3-5-8-15/h2-5,7-8,11,14H,6,9-10,12H2,1H3/q+1/b19-17-. The molecule has 0 bridgehead atoms. The Balaban J connectivity index is 1.85. The molecular formula is C17H19N4+. The number of nitrogens with zero attached hydrogens (tertiary/aromatic N) is 4. The molecule has 4 nitrogen and oxygen atoms in total. The van der Waals surface area contributed by atoms with Crippen molar-refractivity contribution in [3.05, 3.63) is 52.5 Å². The molecule has 0 N–H and O–H groups in total. The van der Waals surface area contributed by atoms with Crippen molar-refractivity contribution in [2.45, 2.75) is 26.2 Å². The van der Waals surface area contributed by atoms with Crippen LogP contribution >= 0.6 is 0 Å². The Hall–Kier alpha value is -2.41. The Kier molecular flexibility index (Phi) is 3.83. The van der Waals surface area contributed by atoms with Crippen LogP contribution in [0.15, 0.2) is 52.2 Å². The van der Waals surface area contributed by atoms with Crippen molar-refractivity contribution in [2.24, 2.45) is 16.1 Å². The van der Waals surface area contributed by atoms with E-state index in [1.807, 2.05) is 35.3 Å². The molecular weight excluding hydrogens is 260 g/mol. The lowest BCUT2D eigenvalue weighted by molar-refractivity contribution is 0.369. The SMILES string of the molecule is C#[N+]/N=C(/c1ccccc1)N1CC=C(C2CCC2)C(C)=N1. The topological polar surface area (TPSA) is 32.3 Å². The highest BCUT2D eigenvalue weighted by molar-refractivity contribution is 6.03. The second kappa shape index (κ2) is 5.92. The van der Waals surface area contributed by atoms with Crippen molar-refractivity contribution in [1.29, 1.82) is 0 Å². The van der Waals surface area contributed by atoms with Gasteiger partial charge in [-0.25, -0.2) is 5.01 Å². The van der Waals surface area contributed by atoms with Crippen molar-refractivity contribution in [3.63, 3.8) is 0 Å². The molecule has 106 valence electrons. The second-order valence-corrected chi connectivity index (χ2v) is 5.46. The molecule has 0 aromatic heterocycles. The Bertz CT molecular complexity index is 645. The molecule has 0 atom stereocenters. The van der Waals surface area contributed by atoms with Gasteiger partial charge in [-0.3, -0.25) is 0 Å². The fraction of sp³-hybridized carbons (Fsp3) is 0.353. The molecule has 21 heavy (non-hydrogen) atoms. The highest BCUT2D eigenvalue weighted by Crippen LogP contribution is 2.35. The average molecular weight is 279 g/mol. The first-order valence-electron chi connectivity index (χ1n) is 7.36. The van der Waals surface area contributed by atoms with E-state index in [-0.39, 0.29) is 0 Å². The van der Waals surface area contributed by atoms with E-state index in [9.17, 15) is 0 Å². The Labute approximate surface area is 125 Å². The first-order chi connectivity index (χ1) is 10.3. The van der Waals surface area contributed by atoms with Crippen molar-refractivity contribution in [1.82, 2.24) is 5.01 Å². The highest BCUT2D eigenvalue weighted by Gasteiger charge is 2.27. The maximum absolute atomic E-state index is 5.26. The fourth-order valence-corrected chi connectivity index (χ4v) is 2.83. The lowest BCUT2D eigenvalue weighted by atomic mass is 9.77. The zero-order valence-corrected chi connectivity index (χ0v) is 12.2. The molecule has 0 unspecified atom stereocenters. The summed E-state index contributed by atoms with van der Waals surface area (Å²) in [6.45, 7) is 8.04. The molecule has 0 spiro atoms. The van der Waals surface area contributed by atoms with Crippen molar-refractivity contribution < 1.29 is 0 Å². The minimum Gasteiger partial charge on any atom is -0.237 e. The maximum Gasteiger partial charge on any atom is 0.307 e. The predicted molar refractivity (Wildman–Crippen MR) is 86.5 cm³/mol. The molecule has 0 saturated heterocycles. The first kappa shape index (κ1) is 13.6. The van der Waals surface area contributed by atoms with Gasteiger partial charge in [0.05, 0.1) is 12.3 Å². The van der Waals surface area contributed by atoms with Gasteiger partial charge in [0.25, 0.3) is 0 Å². The smallest absolute Gasteiger partial charge is 0.237 e. The summed E-state index contributed by atoms with van der Waals surface area (Å²) in [6, 6.07) is 9.88. The van der Waals surface area contributed by atoms with Crippen molar-refractivity contribution in [3.8, 4) is 6.57 Å². The van der Waals surface area contributed by atoms with Gasteiger partial charge in [-0.15, -0.1) is 0 Å². The fourth-order valence-electron chi connectivity index (χ4n) is 2.83. The summed E-state index contributed by atoms with van der Waals surface area (Å²) in [7, 11) is 0. The minimum atomic E-state index is 0.682. The lowest BCUT2D eigenvalue weighted by Crippen LogP contribution is -2.33. The van der Waals surface area contributed by atoms with Crippen LogP contribution < -0.4 is 0 Å². The zero-order valence-electron chi connectivity index (χ0n) is 12.2. The highest BCUT2D eigenvalue weighted by atomic mass is 15.5. The van der Waals surface area contributed by atoms with E-state index in [4.69, 9.17) is 11.7 Å². The number of hydrogen-bond acceptors (Lipinski definition) is 2. The van der Waals surface area contributed by atoms with E-state index in [1.54, 1.807) is 0 Å². The van der Waals surface area contributed by atoms with Crippen LogP contribution in [0.25, 0.3) is 4.95 Å². The van der Waals surface area contributed by atoms with Gasteiger partial charge in [-0.05, 0) is 31.3 Å². The third kappa shape index (κ3) is 2.73. The number of allylic oxidation sites excluding steroid dienone is 1. The maximum atomic E-state index is 5.26. The molecule has 1 saturated carbocycles. The monoisotopic (exact) mass is 279 g/mol. The molecule has 1 aromatic rings. The molecule has 1 aromatic carbocycles. The Morgan fingerprint density at radius 3 is 2.67 bits per heavy atom. The van der Waals surface area contributed by atoms with E-state index in [0.29, 0.717) is 18.3 Å². The summed E-state index contributed by atoms with van der Waals surface area (Å²) in [6.07, 6.45) is 6.18.